The van der Waals surface area contributed by atoms with Crippen LogP contribution in [0.4, 0.5) is 0 Å². The fourth-order valence-corrected chi connectivity index (χ4v) is 3.41. The van der Waals surface area contributed by atoms with Crippen LogP contribution in [0.3, 0.4) is 0 Å². The Bertz CT molecular complexity index is 172. The molecule has 1 saturated carbocycles. The summed E-state index contributed by atoms with van der Waals surface area (Å²) in [5.41, 5.74) is 0. The molecule has 4 unspecified atom stereocenters. The highest BCUT2D eigenvalue weighted by Crippen LogP contribution is 2.29. The predicted octanol–water partition coefficient (Wildman–Crippen LogP) is 1.14. The molecule has 12 heavy (non-hydrogen) atoms. The average Bonchev–Trinajstić information content (AvgIpc) is 2.34. The molecule has 72 valence electrons. The monoisotopic (exact) mass is 189 g/mol. The molecule has 1 aliphatic rings. The van der Waals surface area contributed by atoms with Gasteiger partial charge in [-0.1, -0.05) is 13.8 Å². The van der Waals surface area contributed by atoms with Gasteiger partial charge < -0.3 is 5.32 Å². The first-order valence-electron chi connectivity index (χ1n) is 4.72. The maximum atomic E-state index is 11.3. The normalized spacial score (nSPS) is 38.4. The van der Waals surface area contributed by atoms with E-state index < -0.39 is 10.8 Å². The zero-order chi connectivity index (χ0) is 9.14. The molecule has 0 radical (unpaired) electrons. The minimum absolute atomic E-state index is 0.425. The Labute approximate surface area is 77.6 Å². The fourth-order valence-electron chi connectivity index (χ4n) is 2.15. The first-order valence-corrected chi connectivity index (χ1v) is 6.34. The standard InChI is InChI=1S/C9H19NOS/c1-4-10-8-5-6-9(7(8)2)12(3)11/h7-10H,4-6H2,1-3H3. The maximum absolute atomic E-state index is 11.3. The molecule has 0 amide bonds. The molecule has 1 rings (SSSR count). The lowest BCUT2D eigenvalue weighted by atomic mass is 10.1. The lowest BCUT2D eigenvalue weighted by Gasteiger charge is -2.19. The molecule has 1 fully saturated rings. The second-order valence-electron chi connectivity index (χ2n) is 3.64. The van der Waals surface area contributed by atoms with Gasteiger partial charge in [0.15, 0.2) is 0 Å². The van der Waals surface area contributed by atoms with Crippen molar-refractivity contribution in [2.75, 3.05) is 12.8 Å². The Morgan fingerprint density at radius 3 is 2.58 bits per heavy atom. The van der Waals surface area contributed by atoms with Crippen LogP contribution in [0.5, 0.6) is 0 Å². The molecule has 0 saturated heterocycles. The van der Waals surface area contributed by atoms with Crippen LogP contribution >= 0.6 is 0 Å². The van der Waals surface area contributed by atoms with E-state index in [0.717, 1.165) is 13.0 Å². The quantitative estimate of drug-likeness (QED) is 0.721. The summed E-state index contributed by atoms with van der Waals surface area (Å²) in [6, 6.07) is 0.601. The van der Waals surface area contributed by atoms with Crippen molar-refractivity contribution in [2.24, 2.45) is 5.92 Å². The molecular formula is C9H19NOS. The van der Waals surface area contributed by atoms with Crippen molar-refractivity contribution in [1.29, 1.82) is 0 Å². The molecule has 4 atom stereocenters. The van der Waals surface area contributed by atoms with Crippen LogP contribution in [-0.2, 0) is 10.8 Å². The molecule has 0 spiro atoms. The Kier molecular flexibility index (Phi) is 3.72. The van der Waals surface area contributed by atoms with Gasteiger partial charge in [0.2, 0.25) is 0 Å². The molecule has 0 aromatic heterocycles. The van der Waals surface area contributed by atoms with Gasteiger partial charge in [-0.25, -0.2) is 0 Å². The van der Waals surface area contributed by atoms with Gasteiger partial charge in [0.25, 0.3) is 0 Å². The maximum Gasteiger partial charge on any atom is 0.0386 e. The van der Waals surface area contributed by atoms with Crippen LogP contribution in [0.2, 0.25) is 0 Å². The molecule has 0 aliphatic heterocycles. The van der Waals surface area contributed by atoms with Gasteiger partial charge in [-0.15, -0.1) is 0 Å². The van der Waals surface area contributed by atoms with Crippen molar-refractivity contribution in [3.05, 3.63) is 0 Å². The van der Waals surface area contributed by atoms with Gasteiger partial charge in [-0.2, -0.15) is 0 Å². The molecule has 1 aliphatic carbocycles. The summed E-state index contributed by atoms with van der Waals surface area (Å²) in [6.45, 7) is 5.37. The van der Waals surface area contributed by atoms with E-state index >= 15 is 0 Å². The first kappa shape index (κ1) is 10.2. The third kappa shape index (κ3) is 2.07. The van der Waals surface area contributed by atoms with E-state index in [9.17, 15) is 4.21 Å². The molecule has 0 heterocycles. The smallest absolute Gasteiger partial charge is 0.0386 e. The van der Waals surface area contributed by atoms with Crippen molar-refractivity contribution in [2.45, 2.75) is 38.0 Å². The molecule has 0 aromatic rings. The van der Waals surface area contributed by atoms with E-state index in [1.807, 2.05) is 6.26 Å². The van der Waals surface area contributed by atoms with Gasteiger partial charge in [0, 0.05) is 28.3 Å². The number of hydrogen-bond acceptors (Lipinski definition) is 2. The van der Waals surface area contributed by atoms with Crippen LogP contribution in [-0.4, -0.2) is 28.3 Å². The highest BCUT2D eigenvalue weighted by atomic mass is 32.2. The van der Waals surface area contributed by atoms with Crippen molar-refractivity contribution >= 4 is 10.8 Å². The van der Waals surface area contributed by atoms with Crippen LogP contribution < -0.4 is 5.32 Å². The van der Waals surface area contributed by atoms with Gasteiger partial charge in [0.1, 0.15) is 0 Å². The third-order valence-corrected chi connectivity index (χ3v) is 4.39. The molecular weight excluding hydrogens is 170 g/mol. The van der Waals surface area contributed by atoms with E-state index in [1.165, 1.54) is 6.42 Å². The van der Waals surface area contributed by atoms with E-state index in [-0.39, 0.29) is 0 Å². The largest absolute Gasteiger partial charge is 0.314 e. The lowest BCUT2D eigenvalue weighted by Crippen LogP contribution is -2.34. The molecule has 2 nitrogen and oxygen atoms in total. The summed E-state index contributed by atoms with van der Waals surface area (Å²) in [7, 11) is -0.635. The zero-order valence-electron chi connectivity index (χ0n) is 8.17. The first-order chi connectivity index (χ1) is 5.66. The van der Waals surface area contributed by atoms with Crippen LogP contribution in [0.1, 0.15) is 26.7 Å². The molecule has 0 aromatic carbocycles. The van der Waals surface area contributed by atoms with E-state index in [1.54, 1.807) is 0 Å². The topological polar surface area (TPSA) is 29.1 Å². The number of rotatable bonds is 3. The van der Waals surface area contributed by atoms with Crippen LogP contribution in [0, 0.1) is 5.92 Å². The van der Waals surface area contributed by atoms with Gasteiger partial charge >= 0.3 is 0 Å². The number of nitrogens with one attached hydrogen (secondary N) is 1. The van der Waals surface area contributed by atoms with Gasteiger partial charge in [0.05, 0.1) is 0 Å². The van der Waals surface area contributed by atoms with Crippen LogP contribution in [0.15, 0.2) is 0 Å². The summed E-state index contributed by atoms with van der Waals surface area (Å²) in [6.07, 6.45) is 4.15. The molecule has 1 N–H and O–H groups in total. The Morgan fingerprint density at radius 2 is 2.17 bits per heavy atom. The molecule has 3 heteroatoms. The number of hydrogen-bond donors (Lipinski definition) is 1. The molecule has 0 bridgehead atoms. The highest BCUT2D eigenvalue weighted by Gasteiger charge is 2.34. The van der Waals surface area contributed by atoms with Crippen molar-refractivity contribution < 1.29 is 4.21 Å². The van der Waals surface area contributed by atoms with Crippen molar-refractivity contribution in [1.82, 2.24) is 5.32 Å². The van der Waals surface area contributed by atoms with Crippen molar-refractivity contribution in [3.63, 3.8) is 0 Å². The predicted molar refractivity (Wildman–Crippen MR) is 53.7 cm³/mol. The summed E-state index contributed by atoms with van der Waals surface area (Å²) >= 11 is 0. The van der Waals surface area contributed by atoms with E-state index in [4.69, 9.17) is 0 Å². The summed E-state index contributed by atoms with van der Waals surface area (Å²) < 4.78 is 11.3. The zero-order valence-corrected chi connectivity index (χ0v) is 8.99. The average molecular weight is 189 g/mol. The Hall–Kier alpha value is 0.110. The summed E-state index contributed by atoms with van der Waals surface area (Å²) in [5, 5.41) is 3.87. The Balaban J connectivity index is 2.48. The van der Waals surface area contributed by atoms with E-state index in [0.29, 0.717) is 17.2 Å². The SMILES string of the molecule is CCNC1CCC(S(C)=O)C1C. The third-order valence-electron chi connectivity index (χ3n) is 2.88. The minimum Gasteiger partial charge on any atom is -0.314 e. The highest BCUT2D eigenvalue weighted by molar-refractivity contribution is 7.84. The fraction of sp³-hybridized carbons (Fsp3) is 1.00. The second kappa shape index (κ2) is 4.38. The minimum atomic E-state index is -0.635. The van der Waals surface area contributed by atoms with E-state index in [2.05, 4.69) is 19.2 Å². The van der Waals surface area contributed by atoms with Crippen molar-refractivity contribution in [3.8, 4) is 0 Å². The van der Waals surface area contributed by atoms with Gasteiger partial charge in [-0.05, 0) is 25.3 Å². The Morgan fingerprint density at radius 1 is 1.50 bits per heavy atom. The van der Waals surface area contributed by atoms with Crippen LogP contribution in [0.25, 0.3) is 0 Å². The lowest BCUT2D eigenvalue weighted by molar-refractivity contribution is 0.439. The van der Waals surface area contributed by atoms with Gasteiger partial charge in [-0.3, -0.25) is 4.21 Å². The second-order valence-corrected chi connectivity index (χ2v) is 5.24. The summed E-state index contributed by atoms with van der Waals surface area (Å²) in [4.78, 5) is 0. The summed E-state index contributed by atoms with van der Waals surface area (Å²) in [5.74, 6) is 0.579.